The summed E-state index contributed by atoms with van der Waals surface area (Å²) in [7, 11) is 0. The number of benzene rings is 4. The van der Waals surface area contributed by atoms with Crippen LogP contribution in [-0.4, -0.2) is 29.5 Å². The Hall–Kier alpha value is -5.03. The van der Waals surface area contributed by atoms with Crippen molar-refractivity contribution in [1.82, 2.24) is 29.5 Å². The van der Waals surface area contributed by atoms with E-state index in [2.05, 4.69) is 49.2 Å². The molecule has 0 fully saturated rings. The molecule has 0 aliphatic carbocycles. The molecule has 0 aliphatic rings. The minimum Gasteiger partial charge on any atom is -0.503 e. The van der Waals surface area contributed by atoms with Gasteiger partial charge in [0.25, 0.3) is 0 Å². The van der Waals surface area contributed by atoms with Crippen molar-refractivity contribution in [3.63, 3.8) is 0 Å². The number of aromatic nitrogens is 6. The predicted octanol–water partition coefficient (Wildman–Crippen LogP) is 7.87. The normalized spacial score (nSPS) is 11.2. The first-order valence-electron chi connectivity index (χ1n) is 14.9. The van der Waals surface area contributed by atoms with Crippen LogP contribution in [0.4, 0.5) is 0 Å². The fraction of sp³-hybridized carbons (Fsp3) is 0. The molecule has 0 spiro atoms. The van der Waals surface area contributed by atoms with E-state index >= 15 is 0 Å². The van der Waals surface area contributed by atoms with Crippen LogP contribution < -0.4 is 9.47 Å². The number of hydrogen-bond acceptors (Lipinski definition) is 7. The van der Waals surface area contributed by atoms with E-state index in [4.69, 9.17) is 12.2 Å². The van der Waals surface area contributed by atoms with Crippen LogP contribution in [0.2, 0.25) is 0 Å². The minimum absolute atomic E-state index is 0. The van der Waals surface area contributed by atoms with Gasteiger partial charge in [-0.2, -0.15) is 22.9 Å². The number of pyridine rings is 2. The fourth-order valence-electron chi connectivity index (χ4n) is 4.97. The van der Waals surface area contributed by atoms with E-state index in [9.17, 15) is 0 Å². The Morgan fingerprint density at radius 2 is 1.02 bits per heavy atom. The second-order valence-corrected chi connectivity index (χ2v) is 9.79. The zero-order valence-electron chi connectivity index (χ0n) is 26.0. The van der Waals surface area contributed by atoms with Crippen molar-refractivity contribution in [3.05, 3.63) is 146 Å². The molecule has 0 saturated carbocycles. The molecule has 0 atom stereocenters. The summed E-state index contributed by atoms with van der Waals surface area (Å²) in [5.41, 5.74) is 3.96. The Kier molecular flexibility index (Phi) is 8.85. The number of rotatable bonds is 7. The van der Waals surface area contributed by atoms with E-state index in [-0.39, 0.29) is 54.2 Å². The van der Waals surface area contributed by atoms with Crippen molar-refractivity contribution in [1.29, 1.82) is 0 Å². The van der Waals surface area contributed by atoms with Gasteiger partial charge in [0.05, 0.1) is 0 Å². The number of fused-ring (bicyclic) bond motifs is 3. The fourth-order valence-corrected chi connectivity index (χ4v) is 4.97. The smallest absolute Gasteiger partial charge is 0.503 e. The predicted molar refractivity (Wildman–Crippen MR) is 169 cm³/mol. The number of nitrogens with zero attached hydrogens (tertiary/aromatic N) is 6. The molecule has 0 N–H and O–H groups in total. The molecule has 0 saturated heterocycles. The maximum atomic E-state index is 8.31. The van der Waals surface area contributed by atoms with Crippen LogP contribution >= 0.6 is 0 Å². The molecule has 10 heteroatoms. The molecule has 4 aromatic carbocycles. The van der Waals surface area contributed by atoms with Crippen LogP contribution in [0.5, 0.6) is 23.0 Å². The topological polar surface area (TPSA) is 87.8 Å². The van der Waals surface area contributed by atoms with Crippen LogP contribution in [-0.2, 0) is 42.1 Å². The summed E-state index contributed by atoms with van der Waals surface area (Å²) in [6.45, 7) is 0. The van der Waals surface area contributed by atoms with Gasteiger partial charge in [0.15, 0.2) is 0 Å². The van der Waals surface area contributed by atoms with Gasteiger partial charge in [0, 0.05) is 38.1 Å². The average Bonchev–Trinajstić information content (AvgIpc) is 3.41. The molecule has 0 bridgehead atoms. The van der Waals surface area contributed by atoms with Crippen LogP contribution in [0.25, 0.3) is 50.3 Å². The average molecular weight is 973 g/mol. The van der Waals surface area contributed by atoms with E-state index in [0.29, 0.717) is 62.5 Å². The molecule has 230 valence electrons. The molecule has 8 aromatic rings. The first-order chi connectivity index (χ1) is 23.1. The van der Waals surface area contributed by atoms with Gasteiger partial charge in [0.2, 0.25) is 5.95 Å². The molecule has 8 rings (SSSR count). The molecule has 0 amide bonds. The van der Waals surface area contributed by atoms with Crippen LogP contribution in [0, 0.1) is 24.3 Å². The zero-order chi connectivity index (χ0) is 31.7. The molecular formula is C37H20N6O2Pt2. The number of ether oxygens (including phenoxy) is 2. The van der Waals surface area contributed by atoms with Gasteiger partial charge in [-0.3, -0.25) is 0 Å². The van der Waals surface area contributed by atoms with E-state index in [1.54, 1.807) is 41.2 Å². The van der Waals surface area contributed by atoms with Crippen LogP contribution in [0.1, 0.15) is 2.74 Å². The van der Waals surface area contributed by atoms with Crippen molar-refractivity contribution in [3.8, 4) is 51.5 Å². The second kappa shape index (κ2) is 14.2. The summed E-state index contributed by atoms with van der Waals surface area (Å²) < 4.78 is 30.8. The van der Waals surface area contributed by atoms with Crippen LogP contribution in [0.15, 0.2) is 122 Å². The molecule has 4 aromatic heterocycles. The summed E-state index contributed by atoms with van der Waals surface area (Å²) in [6, 6.07) is 38.8. The third-order valence-corrected chi connectivity index (χ3v) is 6.93. The van der Waals surface area contributed by atoms with Crippen molar-refractivity contribution in [2.24, 2.45) is 0 Å². The Morgan fingerprint density at radius 3 is 1.49 bits per heavy atom. The zero-order valence-corrected chi connectivity index (χ0v) is 28.6. The van der Waals surface area contributed by atoms with Gasteiger partial charge in [-0.25, -0.2) is 15.0 Å². The van der Waals surface area contributed by atoms with Crippen molar-refractivity contribution < 1.29 is 54.3 Å². The molecule has 0 aliphatic heterocycles. The molecule has 47 heavy (non-hydrogen) atoms. The maximum absolute atomic E-state index is 8.31. The molecule has 0 unspecified atom stereocenters. The molecule has 4 heterocycles. The first-order valence-corrected chi connectivity index (χ1v) is 13.9. The quantitative estimate of drug-likeness (QED) is 0.150. The van der Waals surface area contributed by atoms with Gasteiger partial charge in [0.1, 0.15) is 12.7 Å². The summed E-state index contributed by atoms with van der Waals surface area (Å²) in [4.78, 5) is 21.5. The minimum atomic E-state index is 0. The monoisotopic (exact) mass is 972 g/mol. The van der Waals surface area contributed by atoms with E-state index in [0.717, 1.165) is 10.8 Å². The molecule has 0 radical (unpaired) electrons. The van der Waals surface area contributed by atoms with Crippen molar-refractivity contribution in [2.75, 3.05) is 0 Å². The Morgan fingerprint density at radius 1 is 0.532 bits per heavy atom. The Labute approximate surface area is 301 Å². The van der Waals surface area contributed by atoms with Crippen LogP contribution in [0.3, 0.4) is 0 Å². The van der Waals surface area contributed by atoms with Gasteiger partial charge >= 0.3 is 42.1 Å². The standard InChI is InChI=1S/C37H20N6O2.2Pt/c1-3-17-39-33(11-1)25-7-5-9-27(19-25)44-29-13-15-31-32-16-14-30(22-36(32)43(35(31)21-29)37-41-23-38-24-42-37)45-28-10-6-8-26(20-28)34-12-2-4-18-40-34;;/h1-18,23-24H;;/q-4;2*+2/i5D,6D;;. The molecular weight excluding hydrogens is 951 g/mol. The van der Waals surface area contributed by atoms with Gasteiger partial charge in [-0.15, -0.1) is 71.7 Å². The third-order valence-electron chi connectivity index (χ3n) is 6.93. The van der Waals surface area contributed by atoms with E-state index in [1.165, 1.54) is 12.7 Å². The van der Waals surface area contributed by atoms with E-state index < -0.39 is 0 Å². The van der Waals surface area contributed by atoms with Gasteiger partial charge in [-0.1, -0.05) is 47.4 Å². The van der Waals surface area contributed by atoms with Gasteiger partial charge < -0.3 is 24.0 Å². The van der Waals surface area contributed by atoms with E-state index in [1.807, 2.05) is 60.7 Å². The summed E-state index contributed by atoms with van der Waals surface area (Å²) in [5.74, 6) is 1.89. The van der Waals surface area contributed by atoms with Crippen molar-refractivity contribution in [2.45, 2.75) is 0 Å². The Bertz CT molecular complexity index is 2250. The maximum Gasteiger partial charge on any atom is 2.00 e. The largest absolute Gasteiger partial charge is 2.00 e. The SMILES string of the molecule is [2H]c1cc(Oc2[c-]c3c(cc2)c2ccc(Oc4[c-]c(-c5ccccn5)cc([2H])c4)[c-]c2n3-c2ncncn2)[c-]c(-c2ccccn2)c1.[Pt+2].[Pt+2]. The van der Waals surface area contributed by atoms with Gasteiger partial charge in [-0.05, 0) is 23.5 Å². The Balaban J connectivity index is 0.00000208. The first kappa shape index (κ1) is 29.4. The van der Waals surface area contributed by atoms with Crippen molar-refractivity contribution >= 4 is 21.8 Å². The summed E-state index contributed by atoms with van der Waals surface area (Å²) in [5, 5.41) is 1.72. The summed E-state index contributed by atoms with van der Waals surface area (Å²) in [6.07, 6.45) is 6.23. The summed E-state index contributed by atoms with van der Waals surface area (Å²) >= 11 is 0. The third kappa shape index (κ3) is 6.62. The number of hydrogen-bond donors (Lipinski definition) is 0. The second-order valence-electron chi connectivity index (χ2n) is 9.79. The molecule has 8 nitrogen and oxygen atoms in total.